The van der Waals surface area contributed by atoms with E-state index in [1.165, 1.54) is 28.8 Å². The summed E-state index contributed by atoms with van der Waals surface area (Å²) in [6, 6.07) is 8.49. The van der Waals surface area contributed by atoms with Crippen molar-refractivity contribution in [3.8, 4) is 0 Å². The number of benzene rings is 1. The number of fused-ring (bicyclic) bond motifs is 2. The Bertz CT molecular complexity index is 778. The summed E-state index contributed by atoms with van der Waals surface area (Å²) in [5, 5.41) is 14.2. The smallest absolute Gasteiger partial charge is 0.265 e. The van der Waals surface area contributed by atoms with Gasteiger partial charge >= 0.3 is 0 Å². The zero-order valence-corrected chi connectivity index (χ0v) is 11.6. The third-order valence-electron chi connectivity index (χ3n) is 3.08. The minimum absolute atomic E-state index is 0.170. The third kappa shape index (κ3) is 1.58. The van der Waals surface area contributed by atoms with E-state index >= 15 is 0 Å². The summed E-state index contributed by atoms with van der Waals surface area (Å²) in [7, 11) is -2.12. The Hall–Kier alpha value is -1.86. The molecule has 5 nitrogen and oxygen atoms in total. The molecule has 0 fully saturated rings. The molecule has 7 heteroatoms. The first-order valence-corrected chi connectivity index (χ1v) is 7.77. The molecule has 0 saturated heterocycles. The van der Waals surface area contributed by atoms with E-state index in [0.717, 1.165) is 0 Å². The first-order chi connectivity index (χ1) is 9.07. The first-order valence-electron chi connectivity index (χ1n) is 5.45. The fourth-order valence-electron chi connectivity index (χ4n) is 2.12. The van der Waals surface area contributed by atoms with Gasteiger partial charge in [0.2, 0.25) is 0 Å². The third-order valence-corrected chi connectivity index (χ3v) is 5.95. The van der Waals surface area contributed by atoms with Crippen LogP contribution in [0.1, 0.15) is 10.4 Å². The predicted octanol–water partition coefficient (Wildman–Crippen LogP) is 2.11. The molecule has 0 atom stereocenters. The molecule has 1 aliphatic rings. The quantitative estimate of drug-likeness (QED) is 0.597. The molecule has 0 spiro atoms. The van der Waals surface area contributed by atoms with Crippen LogP contribution in [0.15, 0.2) is 45.8 Å². The zero-order chi connectivity index (χ0) is 13.6. The molecule has 0 radical (unpaired) electrons. The SMILES string of the molecule is CN1c2ccccc2/C(=N/O)c2sccc2S1(=O)=O. The number of rotatable bonds is 0. The van der Waals surface area contributed by atoms with Gasteiger partial charge in [-0.2, -0.15) is 0 Å². The molecule has 3 rings (SSSR count). The molecular formula is C12H10N2O3S2. The number of anilines is 1. The van der Waals surface area contributed by atoms with Crippen LogP contribution in [0.2, 0.25) is 0 Å². The maximum atomic E-state index is 12.5. The molecular weight excluding hydrogens is 284 g/mol. The molecule has 98 valence electrons. The van der Waals surface area contributed by atoms with E-state index < -0.39 is 10.0 Å². The first kappa shape index (κ1) is 12.2. The molecule has 0 bridgehead atoms. The van der Waals surface area contributed by atoms with E-state index in [2.05, 4.69) is 5.16 Å². The van der Waals surface area contributed by atoms with Gasteiger partial charge in [-0.1, -0.05) is 23.4 Å². The summed E-state index contributed by atoms with van der Waals surface area (Å²) in [5.74, 6) is 0. The second kappa shape index (κ2) is 4.07. The lowest BCUT2D eigenvalue weighted by molar-refractivity contribution is 0.319. The Kier molecular flexibility index (Phi) is 2.61. The minimum atomic E-state index is -3.62. The number of oxime groups is 1. The van der Waals surface area contributed by atoms with Crippen LogP contribution < -0.4 is 4.31 Å². The van der Waals surface area contributed by atoms with Crippen LogP contribution >= 0.6 is 11.3 Å². The second-order valence-electron chi connectivity index (χ2n) is 4.05. The molecule has 1 N–H and O–H groups in total. The lowest BCUT2D eigenvalue weighted by Gasteiger charge is -2.18. The van der Waals surface area contributed by atoms with Crippen molar-refractivity contribution in [3.63, 3.8) is 0 Å². The Morgan fingerprint density at radius 1 is 1.26 bits per heavy atom. The summed E-state index contributed by atoms with van der Waals surface area (Å²) < 4.78 is 26.2. The molecule has 1 aliphatic heterocycles. The Morgan fingerprint density at radius 3 is 2.74 bits per heavy atom. The average Bonchev–Trinajstić information content (AvgIpc) is 2.87. The van der Waals surface area contributed by atoms with Gasteiger partial charge in [0.25, 0.3) is 10.0 Å². The van der Waals surface area contributed by atoms with Crippen molar-refractivity contribution in [1.82, 2.24) is 0 Å². The highest BCUT2D eigenvalue weighted by molar-refractivity contribution is 7.93. The maximum absolute atomic E-state index is 12.5. The number of nitrogens with zero attached hydrogens (tertiary/aromatic N) is 2. The zero-order valence-electron chi connectivity index (χ0n) is 9.94. The largest absolute Gasteiger partial charge is 0.410 e. The maximum Gasteiger partial charge on any atom is 0.265 e. The highest BCUT2D eigenvalue weighted by atomic mass is 32.2. The van der Waals surface area contributed by atoms with Crippen LogP contribution in [0.3, 0.4) is 0 Å². The van der Waals surface area contributed by atoms with E-state index in [1.54, 1.807) is 29.6 Å². The van der Waals surface area contributed by atoms with Gasteiger partial charge in [0.15, 0.2) is 0 Å². The molecule has 0 amide bonds. The molecule has 0 aliphatic carbocycles. The Labute approximate surface area is 114 Å². The minimum Gasteiger partial charge on any atom is -0.410 e. The number of sulfonamides is 1. The van der Waals surface area contributed by atoms with Crippen LogP contribution in [-0.2, 0) is 10.0 Å². The predicted molar refractivity (Wildman–Crippen MR) is 73.8 cm³/mol. The van der Waals surface area contributed by atoms with Crippen molar-refractivity contribution in [2.24, 2.45) is 5.16 Å². The summed E-state index contributed by atoms with van der Waals surface area (Å²) in [4.78, 5) is 0.628. The van der Waals surface area contributed by atoms with E-state index in [4.69, 9.17) is 0 Å². The lowest BCUT2D eigenvalue weighted by atomic mass is 10.1. The molecule has 2 aromatic rings. The highest BCUT2D eigenvalue weighted by Crippen LogP contribution is 2.36. The van der Waals surface area contributed by atoms with E-state index in [1.807, 2.05) is 0 Å². The summed E-state index contributed by atoms with van der Waals surface area (Å²) >= 11 is 1.24. The number of para-hydroxylation sites is 1. The van der Waals surface area contributed by atoms with Crippen LogP contribution in [0.4, 0.5) is 5.69 Å². The lowest BCUT2D eigenvalue weighted by Crippen LogP contribution is -2.26. The van der Waals surface area contributed by atoms with E-state index in [9.17, 15) is 13.6 Å². The van der Waals surface area contributed by atoms with Crippen molar-refractivity contribution in [3.05, 3.63) is 46.2 Å². The van der Waals surface area contributed by atoms with E-state index in [0.29, 0.717) is 16.1 Å². The van der Waals surface area contributed by atoms with Gasteiger partial charge in [0.1, 0.15) is 10.6 Å². The van der Waals surface area contributed by atoms with Crippen molar-refractivity contribution >= 4 is 32.8 Å². The van der Waals surface area contributed by atoms with Gasteiger partial charge in [0.05, 0.1) is 10.6 Å². The normalized spacial score (nSPS) is 18.8. The van der Waals surface area contributed by atoms with Crippen molar-refractivity contribution < 1.29 is 13.6 Å². The van der Waals surface area contributed by atoms with E-state index in [-0.39, 0.29) is 10.6 Å². The standard InChI is InChI=1S/C12H10N2O3S2/c1-14-9-5-3-2-4-8(9)11(13-15)12-10(6-7-18-12)19(14,16)17/h2-7,15H,1H3/b13-11-. The Morgan fingerprint density at radius 2 is 2.00 bits per heavy atom. The van der Waals surface area contributed by atoms with Crippen molar-refractivity contribution in [1.29, 1.82) is 0 Å². The molecule has 1 aromatic heterocycles. The summed E-state index contributed by atoms with van der Waals surface area (Å²) in [5.41, 5.74) is 1.38. The molecule has 19 heavy (non-hydrogen) atoms. The fraction of sp³-hybridized carbons (Fsp3) is 0.0833. The average molecular weight is 294 g/mol. The van der Waals surface area contributed by atoms with Crippen LogP contribution in [0, 0.1) is 0 Å². The van der Waals surface area contributed by atoms with Crippen LogP contribution in [-0.4, -0.2) is 26.4 Å². The molecule has 2 heterocycles. The van der Waals surface area contributed by atoms with Crippen LogP contribution in [0.5, 0.6) is 0 Å². The van der Waals surface area contributed by atoms with Gasteiger partial charge < -0.3 is 5.21 Å². The molecule has 0 saturated carbocycles. The second-order valence-corrected chi connectivity index (χ2v) is 6.91. The highest BCUT2D eigenvalue weighted by Gasteiger charge is 2.34. The number of hydrogen-bond donors (Lipinski definition) is 1. The van der Waals surface area contributed by atoms with Gasteiger partial charge in [-0.05, 0) is 17.5 Å². The van der Waals surface area contributed by atoms with Crippen molar-refractivity contribution in [2.75, 3.05) is 11.4 Å². The monoisotopic (exact) mass is 294 g/mol. The Balaban J connectivity index is 2.46. The van der Waals surface area contributed by atoms with Crippen molar-refractivity contribution in [2.45, 2.75) is 4.90 Å². The fourth-order valence-corrected chi connectivity index (χ4v) is 4.74. The summed E-state index contributed by atoms with van der Waals surface area (Å²) in [6.45, 7) is 0. The van der Waals surface area contributed by atoms with Gasteiger partial charge in [-0.3, -0.25) is 4.31 Å². The van der Waals surface area contributed by atoms with Gasteiger partial charge in [-0.15, -0.1) is 11.3 Å². The number of thiophene rings is 1. The molecule has 1 aromatic carbocycles. The van der Waals surface area contributed by atoms with Gasteiger partial charge in [-0.25, -0.2) is 8.42 Å². The molecule has 0 unspecified atom stereocenters. The van der Waals surface area contributed by atoms with Crippen LogP contribution in [0.25, 0.3) is 0 Å². The van der Waals surface area contributed by atoms with Gasteiger partial charge in [0, 0.05) is 12.6 Å². The number of hydrogen-bond acceptors (Lipinski definition) is 5. The topological polar surface area (TPSA) is 70.0 Å². The summed E-state index contributed by atoms with van der Waals surface area (Å²) in [6.07, 6.45) is 0.